The third-order valence-electron chi connectivity index (χ3n) is 20.7. The van der Waals surface area contributed by atoms with E-state index in [1.54, 1.807) is 0 Å². The molecular formula is C52H82O22. The molecule has 8 fully saturated rings. The predicted molar refractivity (Wildman–Crippen MR) is 251 cm³/mol. The Kier molecular flexibility index (Phi) is 15.5. The summed E-state index contributed by atoms with van der Waals surface area (Å²) >= 11 is 0. The second-order valence-corrected chi connectivity index (χ2v) is 25.3. The zero-order valence-corrected chi connectivity index (χ0v) is 43.4. The summed E-state index contributed by atoms with van der Waals surface area (Å²) in [5.74, 6) is -2.05. The molecule has 22 nitrogen and oxygen atoms in total. The van der Waals surface area contributed by atoms with E-state index in [-0.39, 0.29) is 39.4 Å². The first-order valence-electron chi connectivity index (χ1n) is 26.6. The second-order valence-electron chi connectivity index (χ2n) is 25.3. The van der Waals surface area contributed by atoms with E-state index >= 15 is 0 Å². The largest absolute Gasteiger partial charge is 0.479 e. The molecule has 4 saturated heterocycles. The highest BCUT2D eigenvalue weighted by Gasteiger charge is 2.70. The van der Waals surface area contributed by atoms with Crippen LogP contribution in [0.1, 0.15) is 113 Å². The average Bonchev–Trinajstić information content (AvgIpc) is 3.78. The Morgan fingerprint density at radius 1 is 0.581 bits per heavy atom. The predicted octanol–water partition coefficient (Wildman–Crippen LogP) is -0.665. The van der Waals surface area contributed by atoms with Crippen LogP contribution >= 0.6 is 0 Å². The molecule has 422 valence electrons. The summed E-state index contributed by atoms with van der Waals surface area (Å²) in [5, 5.41) is 127. The smallest absolute Gasteiger partial charge is 0.335 e. The third-order valence-corrected chi connectivity index (χ3v) is 20.7. The summed E-state index contributed by atoms with van der Waals surface area (Å²) in [5.41, 5.74) is -1.20. The normalized spacial score (nSPS) is 52.7. The third kappa shape index (κ3) is 8.94. The Bertz CT molecular complexity index is 2090. The van der Waals surface area contributed by atoms with Crippen molar-refractivity contribution in [2.45, 2.75) is 229 Å². The highest BCUT2D eigenvalue weighted by Crippen LogP contribution is 2.76. The van der Waals surface area contributed by atoms with Crippen molar-refractivity contribution in [1.29, 1.82) is 0 Å². The fourth-order valence-corrected chi connectivity index (χ4v) is 16.1. The molecule has 4 heterocycles. The number of ether oxygens (including phenoxy) is 8. The maximum atomic E-state index is 14.7. The lowest BCUT2D eigenvalue weighted by atomic mass is 9.33. The molecule has 9 rings (SSSR count). The molecule has 0 amide bonds. The number of rotatable bonds is 12. The number of carbonyl (C=O) groups excluding carboxylic acids is 1. The fourth-order valence-electron chi connectivity index (χ4n) is 16.1. The van der Waals surface area contributed by atoms with Gasteiger partial charge < -0.3 is 99.2 Å². The van der Waals surface area contributed by atoms with Gasteiger partial charge in [0.1, 0.15) is 79.4 Å². The van der Waals surface area contributed by atoms with Gasteiger partial charge in [-0.3, -0.25) is 4.79 Å². The maximum Gasteiger partial charge on any atom is 0.335 e. The molecule has 12 N–H and O–H groups in total. The lowest BCUT2D eigenvalue weighted by molar-refractivity contribution is -0.360. The molecule has 26 atom stereocenters. The van der Waals surface area contributed by atoms with E-state index in [2.05, 4.69) is 54.5 Å². The summed E-state index contributed by atoms with van der Waals surface area (Å²) in [6, 6.07) is 0. The van der Waals surface area contributed by atoms with Crippen LogP contribution in [0.15, 0.2) is 11.6 Å². The summed E-state index contributed by atoms with van der Waals surface area (Å²) in [6.45, 7) is 13.7. The molecule has 0 aromatic heterocycles. The molecule has 4 aliphatic heterocycles. The Hall–Kier alpha value is -2.04. The van der Waals surface area contributed by atoms with Crippen LogP contribution in [0.2, 0.25) is 0 Å². The van der Waals surface area contributed by atoms with E-state index in [4.69, 9.17) is 37.9 Å². The van der Waals surface area contributed by atoms with E-state index in [9.17, 15) is 70.9 Å². The van der Waals surface area contributed by atoms with E-state index in [1.165, 1.54) is 5.57 Å². The Balaban J connectivity index is 0.964. The first-order valence-corrected chi connectivity index (χ1v) is 26.6. The van der Waals surface area contributed by atoms with Crippen LogP contribution in [0.25, 0.3) is 0 Å². The van der Waals surface area contributed by atoms with Gasteiger partial charge in [-0.2, -0.15) is 0 Å². The van der Waals surface area contributed by atoms with Crippen LogP contribution in [-0.2, 0) is 47.5 Å². The summed E-state index contributed by atoms with van der Waals surface area (Å²) in [7, 11) is 0. The van der Waals surface area contributed by atoms with Crippen molar-refractivity contribution in [2.24, 2.45) is 50.2 Å². The van der Waals surface area contributed by atoms with E-state index < -0.39 is 159 Å². The molecule has 4 saturated carbocycles. The first kappa shape index (κ1) is 56.7. The molecule has 0 bridgehead atoms. The molecule has 5 aliphatic carbocycles. The molecular weight excluding hydrogens is 977 g/mol. The molecule has 9 aliphatic rings. The number of carbonyl (C=O) groups is 2. The molecule has 0 aromatic rings. The Morgan fingerprint density at radius 3 is 1.69 bits per heavy atom. The maximum absolute atomic E-state index is 14.7. The highest BCUT2D eigenvalue weighted by molar-refractivity contribution is 5.79. The summed E-state index contributed by atoms with van der Waals surface area (Å²) < 4.78 is 47.5. The Morgan fingerprint density at radius 2 is 1.11 bits per heavy atom. The van der Waals surface area contributed by atoms with Gasteiger partial charge in [-0.1, -0.05) is 60.1 Å². The van der Waals surface area contributed by atoms with Crippen LogP contribution in [0, 0.1) is 50.2 Å². The SMILES string of the molecule is CC1(C)CC[C@]2(C(=O)O[C@@H]3O[C@H](CO)[C@@H](O)[C@H](O)[C@H]3O)CC[C@]3(C)C(=CC[C@@H]4[C@@]5(C)CC[C@H](O[C@@H]6O[C@H](C(=O)O)[C@@H](O[C@@H]7O[C@@H](CO)[C@H](O)[C@H]7O)[C@H](O[C@@H]7O[C@@H](CO)[C@H](O)[C@H]7O)[C@H]6O)C(C)(C)[C@@H]5CC[C@]43C)[C@@H]2C1. The number of carboxylic acids is 1. The number of aliphatic hydroxyl groups excluding tert-OH is 11. The number of carboxylic acid groups (broad SMARTS) is 1. The molecule has 0 unspecified atom stereocenters. The molecule has 22 heteroatoms. The van der Waals surface area contributed by atoms with Gasteiger partial charge >= 0.3 is 11.9 Å². The topological polar surface area (TPSA) is 351 Å². The van der Waals surface area contributed by atoms with E-state index in [1.807, 2.05) is 0 Å². The lowest BCUT2D eigenvalue weighted by Crippen LogP contribution is -2.67. The van der Waals surface area contributed by atoms with Crippen molar-refractivity contribution in [3.8, 4) is 0 Å². The number of hydrogen-bond donors (Lipinski definition) is 12. The van der Waals surface area contributed by atoms with Gasteiger partial charge in [0.2, 0.25) is 6.29 Å². The quantitative estimate of drug-likeness (QED) is 0.0655. The van der Waals surface area contributed by atoms with Crippen LogP contribution in [0.3, 0.4) is 0 Å². The van der Waals surface area contributed by atoms with Gasteiger partial charge in [0.15, 0.2) is 25.0 Å². The number of aliphatic hydroxyl groups is 11. The van der Waals surface area contributed by atoms with E-state index in [0.29, 0.717) is 32.1 Å². The number of allylic oxidation sites excluding steroid dienone is 2. The summed E-state index contributed by atoms with van der Waals surface area (Å²) in [6.07, 6.45) is -21.1. The molecule has 0 spiro atoms. The van der Waals surface area contributed by atoms with Crippen molar-refractivity contribution < 1.29 is 109 Å². The standard InChI is InChI=1S/C52H82O22/c1-47(2)14-16-52(46(66)74-44-36(62)33(59)30(56)24(19-53)69-44)17-15-50(6)22(23(52)18-47)8-9-28-49(5)12-11-29(48(3,4)27(49)10-13-51(28,50)7)70-45-37(63)38(71-42-34(60)31(57)25(20-54)67-42)39(40(73-45)41(64)65)72-43-35(61)32(58)26(21-55)68-43/h8,23-40,42-45,53-63H,9-21H2,1-7H3,(H,64,65)/t23-,24+,25-,26-,27-,28+,29-,30+,31-,32-,33-,34+,35+,36+,37+,38+,39-,40-,42-,43-,44-,45+,49-,50+,51+,52-/m0/s1. The second kappa shape index (κ2) is 20.3. The van der Waals surface area contributed by atoms with Gasteiger partial charge in [0.05, 0.1) is 31.3 Å². The van der Waals surface area contributed by atoms with Crippen molar-refractivity contribution >= 4 is 11.9 Å². The molecule has 0 radical (unpaired) electrons. The number of hydrogen-bond acceptors (Lipinski definition) is 21. The van der Waals surface area contributed by atoms with Gasteiger partial charge in [-0.15, -0.1) is 0 Å². The fraction of sp³-hybridized carbons (Fsp3) is 0.923. The highest BCUT2D eigenvalue weighted by atomic mass is 16.8. The lowest BCUT2D eigenvalue weighted by Gasteiger charge is -2.71. The minimum atomic E-state index is -1.97. The van der Waals surface area contributed by atoms with Crippen molar-refractivity contribution in [3.05, 3.63) is 11.6 Å². The molecule has 0 aromatic carbocycles. The van der Waals surface area contributed by atoms with Crippen LogP contribution in [0.5, 0.6) is 0 Å². The Labute approximate surface area is 430 Å². The summed E-state index contributed by atoms with van der Waals surface area (Å²) in [4.78, 5) is 27.8. The van der Waals surface area contributed by atoms with Crippen molar-refractivity contribution in [2.75, 3.05) is 19.8 Å². The average molecular weight is 1060 g/mol. The minimum Gasteiger partial charge on any atom is -0.479 e. The zero-order valence-electron chi connectivity index (χ0n) is 43.4. The van der Waals surface area contributed by atoms with Crippen molar-refractivity contribution in [1.82, 2.24) is 0 Å². The van der Waals surface area contributed by atoms with E-state index in [0.717, 1.165) is 32.1 Å². The van der Waals surface area contributed by atoms with Crippen LogP contribution in [0.4, 0.5) is 0 Å². The van der Waals surface area contributed by atoms with Gasteiger partial charge in [0, 0.05) is 0 Å². The van der Waals surface area contributed by atoms with Gasteiger partial charge in [-0.05, 0) is 109 Å². The minimum absolute atomic E-state index is 0.0557. The first-order chi connectivity index (χ1) is 34.6. The van der Waals surface area contributed by atoms with Crippen LogP contribution in [-0.4, -0.2) is 210 Å². The van der Waals surface area contributed by atoms with Gasteiger partial charge in [0.25, 0.3) is 0 Å². The number of esters is 1. The molecule has 74 heavy (non-hydrogen) atoms. The van der Waals surface area contributed by atoms with Crippen molar-refractivity contribution in [3.63, 3.8) is 0 Å². The van der Waals surface area contributed by atoms with Gasteiger partial charge in [-0.25, -0.2) is 4.79 Å². The van der Waals surface area contributed by atoms with Crippen LogP contribution < -0.4 is 0 Å². The zero-order chi connectivity index (χ0) is 54.0. The number of aliphatic carboxylic acids is 1. The number of fused-ring (bicyclic) bond motifs is 7. The monoisotopic (exact) mass is 1060 g/mol.